The van der Waals surface area contributed by atoms with Gasteiger partial charge in [0.05, 0.1) is 24.4 Å². The molecule has 2 saturated heterocycles. The smallest absolute Gasteiger partial charge is 0.414 e. The molecular formula is C20H28FN3O5. The normalized spacial score (nSPS) is 22.1. The minimum absolute atomic E-state index is 0.0154. The van der Waals surface area contributed by atoms with Crippen molar-refractivity contribution < 1.29 is 28.6 Å². The number of aliphatic hydroxyl groups is 1. The molecule has 3 rings (SSSR count). The van der Waals surface area contributed by atoms with E-state index in [0.29, 0.717) is 5.69 Å². The molecular weight excluding hydrogens is 381 g/mol. The van der Waals surface area contributed by atoms with Gasteiger partial charge in [-0.25, -0.2) is 9.18 Å². The summed E-state index contributed by atoms with van der Waals surface area (Å²) < 4.78 is 25.3. The van der Waals surface area contributed by atoms with Gasteiger partial charge in [0.2, 0.25) is 5.91 Å². The first kappa shape index (κ1) is 21.3. The molecule has 2 atom stereocenters. The van der Waals surface area contributed by atoms with Crippen molar-refractivity contribution in [2.24, 2.45) is 5.92 Å². The number of carbonyl (C=O) groups is 2. The lowest BCUT2D eigenvalue weighted by Crippen LogP contribution is -2.45. The highest BCUT2D eigenvalue weighted by atomic mass is 19.1. The van der Waals surface area contributed by atoms with Crippen molar-refractivity contribution in [2.75, 3.05) is 37.7 Å². The van der Waals surface area contributed by atoms with Crippen LogP contribution in [0.3, 0.4) is 0 Å². The zero-order valence-corrected chi connectivity index (χ0v) is 16.7. The molecule has 1 unspecified atom stereocenters. The molecule has 1 aromatic rings. The van der Waals surface area contributed by atoms with Crippen molar-refractivity contribution in [3.8, 4) is 5.75 Å². The minimum atomic E-state index is -1.05. The number of anilines is 1. The third kappa shape index (κ3) is 5.36. The first-order valence-corrected chi connectivity index (χ1v) is 9.84. The maximum Gasteiger partial charge on any atom is 0.414 e. The molecule has 0 aromatic heterocycles. The van der Waals surface area contributed by atoms with Gasteiger partial charge in [0.25, 0.3) is 0 Å². The van der Waals surface area contributed by atoms with Gasteiger partial charge >= 0.3 is 6.09 Å². The Morgan fingerprint density at radius 1 is 1.45 bits per heavy atom. The number of hydrogen-bond donors (Lipinski definition) is 3. The third-order valence-electron chi connectivity index (χ3n) is 5.42. The van der Waals surface area contributed by atoms with Crippen LogP contribution in [-0.2, 0) is 9.53 Å². The molecule has 3 N–H and O–H groups in total. The SMILES string of the molecule is CC(=O)NC[C@H]1CN(c2ccc(OCC(C)(O)C3CCNCC3)c(F)c2)C(=O)O1. The number of nitrogens with one attached hydrogen (secondary N) is 2. The van der Waals surface area contributed by atoms with Crippen LogP contribution >= 0.6 is 0 Å². The number of benzene rings is 1. The predicted molar refractivity (Wildman–Crippen MR) is 104 cm³/mol. The van der Waals surface area contributed by atoms with Crippen LogP contribution in [0.4, 0.5) is 14.9 Å². The average molecular weight is 409 g/mol. The zero-order chi connectivity index (χ0) is 21.0. The van der Waals surface area contributed by atoms with Gasteiger partial charge in [-0.3, -0.25) is 9.69 Å². The first-order valence-electron chi connectivity index (χ1n) is 9.84. The second-order valence-electron chi connectivity index (χ2n) is 7.84. The number of halogens is 1. The van der Waals surface area contributed by atoms with E-state index >= 15 is 0 Å². The van der Waals surface area contributed by atoms with Gasteiger partial charge in [-0.1, -0.05) is 0 Å². The number of carbonyl (C=O) groups excluding carboxylic acids is 2. The molecule has 0 saturated carbocycles. The molecule has 2 aliphatic heterocycles. The first-order chi connectivity index (χ1) is 13.8. The molecule has 8 nitrogen and oxygen atoms in total. The molecule has 29 heavy (non-hydrogen) atoms. The number of ether oxygens (including phenoxy) is 2. The van der Waals surface area contributed by atoms with Crippen LogP contribution < -0.4 is 20.3 Å². The zero-order valence-electron chi connectivity index (χ0n) is 16.7. The molecule has 0 bridgehead atoms. The Balaban J connectivity index is 1.60. The fraction of sp³-hybridized carbons (Fsp3) is 0.600. The van der Waals surface area contributed by atoms with Crippen LogP contribution in [0.1, 0.15) is 26.7 Å². The van der Waals surface area contributed by atoms with E-state index in [0.717, 1.165) is 25.9 Å². The summed E-state index contributed by atoms with van der Waals surface area (Å²) in [7, 11) is 0. The molecule has 0 aliphatic carbocycles. The summed E-state index contributed by atoms with van der Waals surface area (Å²) in [5.41, 5.74) is -0.710. The lowest BCUT2D eigenvalue weighted by molar-refractivity contribution is -0.119. The van der Waals surface area contributed by atoms with Crippen LogP contribution in [0.15, 0.2) is 18.2 Å². The van der Waals surface area contributed by atoms with Crippen LogP contribution in [0, 0.1) is 11.7 Å². The van der Waals surface area contributed by atoms with E-state index in [1.165, 1.54) is 24.0 Å². The highest BCUT2D eigenvalue weighted by Gasteiger charge is 2.35. The quantitative estimate of drug-likeness (QED) is 0.630. The van der Waals surface area contributed by atoms with E-state index in [2.05, 4.69) is 10.6 Å². The molecule has 0 spiro atoms. The second kappa shape index (κ2) is 8.96. The topological polar surface area (TPSA) is 100 Å². The summed E-state index contributed by atoms with van der Waals surface area (Å²) in [6.45, 7) is 5.18. The van der Waals surface area contributed by atoms with E-state index in [1.807, 2.05) is 0 Å². The van der Waals surface area contributed by atoms with Crippen molar-refractivity contribution in [1.82, 2.24) is 10.6 Å². The summed E-state index contributed by atoms with van der Waals surface area (Å²) in [5, 5.41) is 16.5. The van der Waals surface area contributed by atoms with E-state index in [9.17, 15) is 19.1 Å². The van der Waals surface area contributed by atoms with E-state index in [1.54, 1.807) is 13.0 Å². The van der Waals surface area contributed by atoms with Gasteiger partial charge in [-0.2, -0.15) is 0 Å². The molecule has 2 fully saturated rings. The molecule has 160 valence electrons. The van der Waals surface area contributed by atoms with Crippen LogP contribution in [0.5, 0.6) is 5.75 Å². The Hall–Kier alpha value is -2.39. The number of piperidine rings is 1. The van der Waals surface area contributed by atoms with Crippen molar-refractivity contribution in [3.63, 3.8) is 0 Å². The summed E-state index contributed by atoms with van der Waals surface area (Å²) in [5.74, 6) is -0.731. The van der Waals surface area contributed by atoms with Gasteiger partial charge in [0, 0.05) is 13.0 Å². The van der Waals surface area contributed by atoms with Gasteiger partial charge in [-0.05, 0) is 50.9 Å². The minimum Gasteiger partial charge on any atom is -0.488 e. The van der Waals surface area contributed by atoms with Crippen molar-refractivity contribution in [2.45, 2.75) is 38.4 Å². The standard InChI is InChI=1S/C20H28FN3O5/c1-13(25)23-10-16-11-24(19(26)29-16)15-3-4-18(17(21)9-15)28-12-20(2,27)14-5-7-22-8-6-14/h3-4,9,14,16,22,27H,5-8,10-12H2,1-2H3,(H,23,25)/t16-,20?/m0/s1. The lowest BCUT2D eigenvalue weighted by Gasteiger charge is -2.35. The fourth-order valence-corrected chi connectivity index (χ4v) is 3.66. The summed E-state index contributed by atoms with van der Waals surface area (Å²) in [4.78, 5) is 24.4. The molecule has 0 radical (unpaired) electrons. The number of hydrogen-bond acceptors (Lipinski definition) is 6. The van der Waals surface area contributed by atoms with Crippen molar-refractivity contribution >= 4 is 17.7 Å². The van der Waals surface area contributed by atoms with Crippen molar-refractivity contribution in [1.29, 1.82) is 0 Å². The van der Waals surface area contributed by atoms with Crippen molar-refractivity contribution in [3.05, 3.63) is 24.0 Å². The van der Waals surface area contributed by atoms with Gasteiger partial charge < -0.3 is 25.2 Å². The molecule has 2 heterocycles. The number of rotatable bonds is 7. The summed E-state index contributed by atoms with van der Waals surface area (Å²) in [6.07, 6.45) is 0.593. The molecule has 2 aliphatic rings. The molecule has 2 amide bonds. The Kier molecular flexibility index (Phi) is 6.59. The summed E-state index contributed by atoms with van der Waals surface area (Å²) >= 11 is 0. The van der Waals surface area contributed by atoms with Gasteiger partial charge in [0.1, 0.15) is 12.7 Å². The summed E-state index contributed by atoms with van der Waals surface area (Å²) in [6, 6.07) is 4.22. The average Bonchev–Trinajstić information content (AvgIpc) is 3.07. The lowest BCUT2D eigenvalue weighted by atomic mass is 9.83. The van der Waals surface area contributed by atoms with Gasteiger partial charge in [0.15, 0.2) is 11.6 Å². The number of cyclic esters (lactones) is 1. The monoisotopic (exact) mass is 409 g/mol. The highest BCUT2D eigenvalue weighted by molar-refractivity contribution is 5.89. The predicted octanol–water partition coefficient (Wildman–Crippen LogP) is 1.42. The number of nitrogens with zero attached hydrogens (tertiary/aromatic N) is 1. The Morgan fingerprint density at radius 3 is 2.83 bits per heavy atom. The maximum absolute atomic E-state index is 14.5. The fourth-order valence-electron chi connectivity index (χ4n) is 3.66. The van der Waals surface area contributed by atoms with Gasteiger partial charge in [-0.15, -0.1) is 0 Å². The Bertz CT molecular complexity index is 752. The maximum atomic E-state index is 14.5. The number of amides is 2. The Labute approximate surface area is 169 Å². The van der Waals surface area contributed by atoms with Crippen LogP contribution in [0.2, 0.25) is 0 Å². The van der Waals surface area contributed by atoms with Crippen LogP contribution in [-0.4, -0.2) is 61.6 Å². The second-order valence-corrected chi connectivity index (χ2v) is 7.84. The largest absolute Gasteiger partial charge is 0.488 e. The highest BCUT2D eigenvalue weighted by Crippen LogP contribution is 2.30. The third-order valence-corrected chi connectivity index (χ3v) is 5.42. The Morgan fingerprint density at radius 2 is 2.17 bits per heavy atom. The van der Waals surface area contributed by atoms with E-state index in [4.69, 9.17) is 9.47 Å². The molecule has 9 heteroatoms. The molecule has 1 aromatic carbocycles. The van der Waals surface area contributed by atoms with E-state index in [-0.39, 0.29) is 37.3 Å². The van der Waals surface area contributed by atoms with E-state index < -0.39 is 23.6 Å². The van der Waals surface area contributed by atoms with Crippen LogP contribution in [0.25, 0.3) is 0 Å².